The van der Waals surface area contributed by atoms with Crippen LogP contribution in [0, 0.1) is 12.7 Å². The molecule has 0 saturated carbocycles. The number of carbonyl (C=O) groups excluding carboxylic acids is 1. The Morgan fingerprint density at radius 1 is 1.50 bits per heavy atom. The zero-order chi connectivity index (χ0) is 13.3. The monoisotopic (exact) mass is 269 g/mol. The van der Waals surface area contributed by atoms with E-state index < -0.39 is 17.8 Å². The number of aliphatic carboxylic acids is 1. The highest BCUT2D eigenvalue weighted by atomic mass is 32.2. The minimum Gasteiger partial charge on any atom is -0.480 e. The van der Waals surface area contributed by atoms with Crippen LogP contribution in [-0.4, -0.2) is 39.6 Å². The normalized spacial score (nSPS) is 19.0. The van der Waals surface area contributed by atoms with Gasteiger partial charge in [-0.2, -0.15) is 0 Å². The zero-order valence-electron chi connectivity index (χ0n) is 9.72. The number of halogens is 1. The van der Waals surface area contributed by atoms with E-state index in [1.807, 2.05) is 0 Å². The Balaban J connectivity index is 2.28. The van der Waals surface area contributed by atoms with Gasteiger partial charge in [0, 0.05) is 11.3 Å². The number of nitrogens with zero attached hydrogens (tertiary/aromatic N) is 1. The van der Waals surface area contributed by atoms with Gasteiger partial charge in [0.2, 0.25) is 0 Å². The van der Waals surface area contributed by atoms with E-state index in [1.165, 1.54) is 34.9 Å². The number of carbonyl (C=O) groups is 2. The summed E-state index contributed by atoms with van der Waals surface area (Å²) in [7, 11) is 0. The summed E-state index contributed by atoms with van der Waals surface area (Å²) in [5, 5.41) is 9.03. The van der Waals surface area contributed by atoms with E-state index >= 15 is 0 Å². The van der Waals surface area contributed by atoms with Gasteiger partial charge in [0.1, 0.15) is 11.9 Å². The second-order valence-electron chi connectivity index (χ2n) is 4.09. The zero-order valence-corrected chi connectivity index (χ0v) is 10.5. The van der Waals surface area contributed by atoms with Gasteiger partial charge >= 0.3 is 5.97 Å². The van der Waals surface area contributed by atoms with E-state index in [9.17, 15) is 14.0 Å². The summed E-state index contributed by atoms with van der Waals surface area (Å²) in [6.45, 7) is 1.63. The lowest BCUT2D eigenvalue weighted by atomic mass is 10.1. The second kappa shape index (κ2) is 4.97. The van der Waals surface area contributed by atoms with Crippen LogP contribution in [0.15, 0.2) is 18.2 Å². The van der Waals surface area contributed by atoms with Crippen molar-refractivity contribution in [2.75, 3.05) is 11.6 Å². The number of carboxylic acid groups (broad SMARTS) is 1. The Morgan fingerprint density at radius 2 is 2.22 bits per heavy atom. The van der Waals surface area contributed by atoms with Crippen LogP contribution in [0.25, 0.3) is 0 Å². The second-order valence-corrected chi connectivity index (χ2v) is 5.09. The predicted molar refractivity (Wildman–Crippen MR) is 66.1 cm³/mol. The molecule has 0 radical (unpaired) electrons. The van der Waals surface area contributed by atoms with Crippen molar-refractivity contribution >= 4 is 23.6 Å². The average Bonchev–Trinajstić information content (AvgIpc) is 2.77. The number of thioether (sulfide) groups is 1. The molecule has 0 aromatic heterocycles. The van der Waals surface area contributed by atoms with Crippen LogP contribution in [0.3, 0.4) is 0 Å². The van der Waals surface area contributed by atoms with E-state index in [4.69, 9.17) is 5.11 Å². The van der Waals surface area contributed by atoms with E-state index in [1.54, 1.807) is 6.92 Å². The quantitative estimate of drug-likeness (QED) is 0.888. The molecule has 1 heterocycles. The molecule has 0 aliphatic carbocycles. The smallest absolute Gasteiger partial charge is 0.327 e. The van der Waals surface area contributed by atoms with E-state index in [2.05, 4.69) is 0 Å². The van der Waals surface area contributed by atoms with Crippen molar-refractivity contribution in [3.63, 3.8) is 0 Å². The number of rotatable bonds is 2. The van der Waals surface area contributed by atoms with Gasteiger partial charge in [-0.25, -0.2) is 9.18 Å². The highest BCUT2D eigenvalue weighted by Gasteiger charge is 2.35. The summed E-state index contributed by atoms with van der Waals surface area (Å²) < 4.78 is 13.0. The first-order valence-electron chi connectivity index (χ1n) is 5.38. The summed E-state index contributed by atoms with van der Waals surface area (Å²) in [4.78, 5) is 24.6. The van der Waals surface area contributed by atoms with Crippen LogP contribution in [-0.2, 0) is 4.79 Å². The molecular weight excluding hydrogens is 257 g/mol. The van der Waals surface area contributed by atoms with Gasteiger partial charge in [-0.3, -0.25) is 4.79 Å². The highest BCUT2D eigenvalue weighted by Crippen LogP contribution is 2.24. The predicted octanol–water partition coefficient (Wildman–Crippen LogP) is 1.73. The van der Waals surface area contributed by atoms with Gasteiger partial charge in [0.05, 0.1) is 5.88 Å². The third-order valence-corrected chi connectivity index (χ3v) is 3.86. The standard InChI is InChI=1S/C12H12FNO3S/c1-7-4-8(13)2-3-9(7)11(15)14-6-18-5-10(14)12(16)17/h2-4,10H,5-6H2,1H3,(H,16,17). The number of hydrogen-bond acceptors (Lipinski definition) is 3. The Kier molecular flexibility index (Phi) is 3.56. The van der Waals surface area contributed by atoms with Crippen molar-refractivity contribution in [2.45, 2.75) is 13.0 Å². The molecule has 1 aromatic carbocycles. The lowest BCUT2D eigenvalue weighted by Crippen LogP contribution is -2.42. The Morgan fingerprint density at radius 3 is 2.83 bits per heavy atom. The van der Waals surface area contributed by atoms with E-state index in [0.717, 1.165) is 0 Å². The molecule has 1 aromatic rings. The van der Waals surface area contributed by atoms with E-state index in [-0.39, 0.29) is 5.91 Å². The molecule has 0 spiro atoms. The van der Waals surface area contributed by atoms with Crippen molar-refractivity contribution in [3.05, 3.63) is 35.1 Å². The number of benzene rings is 1. The van der Waals surface area contributed by atoms with Crippen molar-refractivity contribution in [2.24, 2.45) is 0 Å². The largest absolute Gasteiger partial charge is 0.480 e. The minimum atomic E-state index is -1.01. The molecule has 1 aliphatic heterocycles. The average molecular weight is 269 g/mol. The first-order valence-corrected chi connectivity index (χ1v) is 6.54. The first kappa shape index (κ1) is 12.9. The molecule has 1 amide bonds. The van der Waals surface area contributed by atoms with Crippen LogP contribution in [0.4, 0.5) is 4.39 Å². The van der Waals surface area contributed by atoms with Gasteiger partial charge in [-0.15, -0.1) is 11.8 Å². The topological polar surface area (TPSA) is 57.6 Å². The molecule has 1 fully saturated rings. The van der Waals surface area contributed by atoms with Crippen LogP contribution in [0.5, 0.6) is 0 Å². The summed E-state index contributed by atoms with van der Waals surface area (Å²) in [6.07, 6.45) is 0. The Labute approximate surface area is 108 Å². The fourth-order valence-corrected chi connectivity index (χ4v) is 3.01. The van der Waals surface area contributed by atoms with E-state index in [0.29, 0.717) is 22.8 Å². The molecule has 4 nitrogen and oxygen atoms in total. The molecule has 1 unspecified atom stereocenters. The SMILES string of the molecule is Cc1cc(F)ccc1C(=O)N1CSCC1C(=O)O. The number of hydrogen-bond donors (Lipinski definition) is 1. The molecule has 2 rings (SSSR count). The lowest BCUT2D eigenvalue weighted by Gasteiger charge is -2.21. The van der Waals surface area contributed by atoms with Crippen molar-refractivity contribution in [1.29, 1.82) is 0 Å². The molecule has 1 saturated heterocycles. The highest BCUT2D eigenvalue weighted by molar-refractivity contribution is 7.99. The third kappa shape index (κ3) is 2.33. The Bertz CT molecular complexity index is 506. The van der Waals surface area contributed by atoms with Crippen molar-refractivity contribution < 1.29 is 19.1 Å². The van der Waals surface area contributed by atoms with Crippen molar-refractivity contribution in [1.82, 2.24) is 4.90 Å². The Hall–Kier alpha value is -1.56. The maximum atomic E-state index is 13.0. The van der Waals surface area contributed by atoms with Crippen LogP contribution in [0.1, 0.15) is 15.9 Å². The van der Waals surface area contributed by atoms with Gasteiger partial charge in [0.25, 0.3) is 5.91 Å². The molecule has 6 heteroatoms. The number of carboxylic acids is 1. The van der Waals surface area contributed by atoms with Crippen LogP contribution >= 0.6 is 11.8 Å². The molecular formula is C12H12FNO3S. The maximum Gasteiger partial charge on any atom is 0.327 e. The molecule has 96 valence electrons. The minimum absolute atomic E-state index is 0.352. The van der Waals surface area contributed by atoms with Gasteiger partial charge < -0.3 is 10.0 Å². The van der Waals surface area contributed by atoms with Crippen LogP contribution in [0.2, 0.25) is 0 Å². The molecule has 0 bridgehead atoms. The lowest BCUT2D eigenvalue weighted by molar-refractivity contribution is -0.140. The molecule has 1 N–H and O–H groups in total. The van der Waals surface area contributed by atoms with Crippen molar-refractivity contribution in [3.8, 4) is 0 Å². The summed E-state index contributed by atoms with van der Waals surface area (Å²) >= 11 is 1.40. The van der Waals surface area contributed by atoms with Gasteiger partial charge in [0.15, 0.2) is 0 Å². The van der Waals surface area contributed by atoms with Gasteiger partial charge in [-0.05, 0) is 30.7 Å². The first-order chi connectivity index (χ1) is 8.50. The number of aryl methyl sites for hydroxylation is 1. The summed E-state index contributed by atoms with van der Waals surface area (Å²) in [6, 6.07) is 3.08. The maximum absolute atomic E-state index is 13.0. The summed E-state index contributed by atoms with van der Waals surface area (Å²) in [5.74, 6) is -1.03. The number of amides is 1. The van der Waals surface area contributed by atoms with Gasteiger partial charge in [-0.1, -0.05) is 0 Å². The molecule has 1 aliphatic rings. The molecule has 18 heavy (non-hydrogen) atoms. The molecule has 1 atom stereocenters. The fourth-order valence-electron chi connectivity index (χ4n) is 1.87. The summed E-state index contributed by atoms with van der Waals surface area (Å²) in [5.41, 5.74) is 0.867. The third-order valence-electron chi connectivity index (χ3n) is 2.85. The van der Waals surface area contributed by atoms with Crippen LogP contribution < -0.4 is 0 Å². The fraction of sp³-hybridized carbons (Fsp3) is 0.333.